The van der Waals surface area contributed by atoms with Crippen molar-refractivity contribution in [2.24, 2.45) is 0 Å². The summed E-state index contributed by atoms with van der Waals surface area (Å²) in [4.78, 5) is 72.2. The number of halogens is 1. The fourth-order valence-electron chi connectivity index (χ4n) is 7.54. The van der Waals surface area contributed by atoms with E-state index in [2.05, 4.69) is 62.4 Å². The van der Waals surface area contributed by atoms with E-state index in [9.17, 15) is 24.0 Å². The Morgan fingerprint density at radius 2 is 1.52 bits per heavy atom. The van der Waals surface area contributed by atoms with Crippen molar-refractivity contribution < 1.29 is 42.9 Å². The van der Waals surface area contributed by atoms with Crippen LogP contribution in [0.2, 0.25) is 5.02 Å². The van der Waals surface area contributed by atoms with Crippen LogP contribution in [0.1, 0.15) is 46.4 Å². The molecular formula is C42H46ClN5O9S. The molecule has 1 unspecified atom stereocenters. The van der Waals surface area contributed by atoms with Gasteiger partial charge in [-0.15, -0.1) is 0 Å². The van der Waals surface area contributed by atoms with Gasteiger partial charge in [-0.1, -0.05) is 41.6 Å². The fourth-order valence-corrected chi connectivity index (χ4v) is 8.78. The molecule has 2 fully saturated rings. The van der Waals surface area contributed by atoms with Crippen LogP contribution in [0.4, 0.5) is 11.4 Å². The normalized spacial score (nSPS) is 17.8. The van der Waals surface area contributed by atoms with Gasteiger partial charge < -0.3 is 28.7 Å². The van der Waals surface area contributed by atoms with Gasteiger partial charge in [0, 0.05) is 60.4 Å². The molecule has 3 aromatic carbocycles. The second kappa shape index (κ2) is 19.8. The molecule has 0 aromatic heterocycles. The highest BCUT2D eigenvalue weighted by Gasteiger charge is 2.46. The van der Waals surface area contributed by atoms with Crippen LogP contribution in [0.15, 0.2) is 76.2 Å². The van der Waals surface area contributed by atoms with Gasteiger partial charge in [0.05, 0.1) is 62.1 Å². The number of benzene rings is 3. The van der Waals surface area contributed by atoms with E-state index in [1.165, 1.54) is 21.5 Å². The summed E-state index contributed by atoms with van der Waals surface area (Å²) in [7, 11) is 0. The zero-order valence-corrected chi connectivity index (χ0v) is 33.7. The standard InChI is InChI=1S/C42H46ClN5O9S/c43-29-9-11-37-34(27-29)47(32-6-1-2-8-36(32)58-37)15-4-14-45-16-18-46(19-17-45)30(28-49)13-20-54-21-22-55-23-24-56-25-26-57-35-7-3-5-31-39(35)42(53)48(41(31)52)33-10-12-38(50)44-40(33)51/h1-3,5-9,11,27,33H,4,10,12-26H2,(H,44,50,51). The second-order valence-corrected chi connectivity index (χ2v) is 15.6. The maximum Gasteiger partial charge on any atom is 0.266 e. The Labute approximate surface area is 346 Å². The Balaban J connectivity index is 0.725. The third kappa shape index (κ3) is 9.75. The van der Waals surface area contributed by atoms with Gasteiger partial charge >= 0.3 is 0 Å². The summed E-state index contributed by atoms with van der Waals surface area (Å²) >= 11 is 8.17. The molecule has 4 heterocycles. The Morgan fingerprint density at radius 1 is 0.793 bits per heavy atom. The van der Waals surface area contributed by atoms with Crippen molar-refractivity contribution in [1.29, 1.82) is 0 Å². The summed E-state index contributed by atoms with van der Waals surface area (Å²) in [6.07, 6.45) is 1.61. The first kappa shape index (κ1) is 41.4. The molecule has 4 aliphatic rings. The van der Waals surface area contributed by atoms with Crippen LogP contribution >= 0.6 is 23.4 Å². The molecule has 58 heavy (non-hydrogen) atoms. The number of fused-ring (bicyclic) bond motifs is 3. The highest BCUT2D eigenvalue weighted by molar-refractivity contribution is 7.99. The van der Waals surface area contributed by atoms with E-state index >= 15 is 0 Å². The lowest BCUT2D eigenvalue weighted by molar-refractivity contribution is -0.136. The number of rotatable bonds is 19. The minimum absolute atomic E-state index is 0.0465. The number of anilines is 2. The summed E-state index contributed by atoms with van der Waals surface area (Å²) in [5, 5.41) is 2.93. The molecule has 4 aliphatic heterocycles. The summed E-state index contributed by atoms with van der Waals surface area (Å²) in [5.41, 5.74) is 3.25. The number of para-hydroxylation sites is 1. The first-order valence-electron chi connectivity index (χ1n) is 19.6. The molecule has 14 nitrogen and oxygen atoms in total. The topological polar surface area (TPSA) is 147 Å². The van der Waals surface area contributed by atoms with Gasteiger partial charge in [-0.05, 0) is 61.9 Å². The first-order chi connectivity index (χ1) is 28.3. The number of nitrogens with zero attached hydrogens (tertiary/aromatic N) is 4. The van der Waals surface area contributed by atoms with E-state index in [1.54, 1.807) is 23.9 Å². The smallest absolute Gasteiger partial charge is 0.266 e. The van der Waals surface area contributed by atoms with Gasteiger partial charge in [0.15, 0.2) is 0 Å². The maximum atomic E-state index is 13.2. The molecule has 2 saturated heterocycles. The third-order valence-electron chi connectivity index (χ3n) is 10.5. The minimum atomic E-state index is -1.04. The zero-order valence-electron chi connectivity index (χ0n) is 32.1. The molecule has 3 aromatic rings. The van der Waals surface area contributed by atoms with Gasteiger partial charge in [0.25, 0.3) is 11.8 Å². The van der Waals surface area contributed by atoms with Crippen LogP contribution in [0.25, 0.3) is 0 Å². The largest absolute Gasteiger partial charge is 0.490 e. The number of piperidine rings is 1. The van der Waals surface area contributed by atoms with Crippen molar-refractivity contribution in [3.8, 4) is 5.75 Å². The third-order valence-corrected chi connectivity index (χ3v) is 11.8. The van der Waals surface area contributed by atoms with Crippen LogP contribution in [0.5, 0.6) is 5.75 Å². The predicted molar refractivity (Wildman–Crippen MR) is 217 cm³/mol. The Morgan fingerprint density at radius 3 is 2.28 bits per heavy atom. The number of carbonyl (C=O) groups is 4. The van der Waals surface area contributed by atoms with Crippen LogP contribution in [0, 0.1) is 0 Å². The molecule has 1 N–H and O–H groups in total. The van der Waals surface area contributed by atoms with E-state index in [4.69, 9.17) is 30.5 Å². The molecule has 7 rings (SSSR count). The van der Waals surface area contributed by atoms with E-state index in [-0.39, 0.29) is 42.9 Å². The van der Waals surface area contributed by atoms with E-state index in [1.807, 2.05) is 6.07 Å². The number of ether oxygens (including phenoxy) is 4. The SMILES string of the molecule is O=C=C(CCOCCOCCOCCOc1cccc2c1C(=O)N(C1CCC(=O)NC1=O)C2=O)N1CCN(CCCN2c3ccccc3Sc3ccc(Cl)cc32)CC1. The van der Waals surface area contributed by atoms with E-state index in [0.29, 0.717) is 45.2 Å². The first-order valence-corrected chi connectivity index (χ1v) is 20.8. The van der Waals surface area contributed by atoms with Gasteiger partial charge in [0.2, 0.25) is 11.8 Å². The minimum Gasteiger partial charge on any atom is -0.490 e. The molecule has 16 heteroatoms. The Kier molecular flexibility index (Phi) is 14.2. The average Bonchev–Trinajstić information content (AvgIpc) is 3.48. The number of carbonyl (C=O) groups excluding carboxylic acids is 5. The maximum absolute atomic E-state index is 13.2. The van der Waals surface area contributed by atoms with Crippen molar-refractivity contribution in [2.45, 2.75) is 41.5 Å². The van der Waals surface area contributed by atoms with Gasteiger partial charge in [0.1, 0.15) is 30.0 Å². The number of imide groups is 2. The predicted octanol–water partition coefficient (Wildman–Crippen LogP) is 4.59. The van der Waals surface area contributed by atoms with Crippen molar-refractivity contribution in [2.75, 3.05) is 90.4 Å². The van der Waals surface area contributed by atoms with E-state index in [0.717, 1.165) is 61.3 Å². The quantitative estimate of drug-likeness (QED) is 0.102. The Bertz CT molecular complexity index is 2050. The zero-order chi connectivity index (χ0) is 40.4. The lowest BCUT2D eigenvalue weighted by atomic mass is 10.0. The van der Waals surface area contributed by atoms with Crippen LogP contribution in [-0.4, -0.2) is 136 Å². The number of piperazine rings is 1. The second-order valence-electron chi connectivity index (χ2n) is 14.1. The molecule has 1 atom stereocenters. The number of hydrogen-bond acceptors (Lipinski definition) is 13. The molecule has 306 valence electrons. The van der Waals surface area contributed by atoms with Crippen molar-refractivity contribution >= 4 is 64.3 Å². The molecule has 0 spiro atoms. The molecule has 0 aliphatic carbocycles. The Hall–Kier alpha value is -4.73. The highest BCUT2D eigenvalue weighted by Crippen LogP contribution is 2.48. The summed E-state index contributed by atoms with van der Waals surface area (Å²) in [6.45, 7) is 7.29. The van der Waals surface area contributed by atoms with Gasteiger partial charge in [-0.25, -0.2) is 4.79 Å². The van der Waals surface area contributed by atoms with Crippen molar-refractivity contribution in [3.05, 3.63) is 82.5 Å². The molecule has 0 radical (unpaired) electrons. The van der Waals surface area contributed by atoms with Crippen LogP contribution < -0.4 is 15.0 Å². The van der Waals surface area contributed by atoms with Crippen molar-refractivity contribution in [3.63, 3.8) is 0 Å². The lowest BCUT2D eigenvalue weighted by Gasteiger charge is -2.37. The number of hydrogen-bond donors (Lipinski definition) is 1. The molecule has 0 bridgehead atoms. The summed E-state index contributed by atoms with van der Waals surface area (Å²) in [6, 6.07) is 18.3. The van der Waals surface area contributed by atoms with Crippen molar-refractivity contribution in [1.82, 2.24) is 20.0 Å². The molecular weight excluding hydrogens is 786 g/mol. The van der Waals surface area contributed by atoms with Crippen LogP contribution in [0.3, 0.4) is 0 Å². The monoisotopic (exact) mass is 831 g/mol. The fraction of sp³-hybridized carbons (Fsp3) is 0.429. The lowest BCUT2D eigenvalue weighted by Crippen LogP contribution is -2.54. The van der Waals surface area contributed by atoms with Gasteiger partial charge in [-0.3, -0.25) is 34.3 Å². The summed E-state index contributed by atoms with van der Waals surface area (Å²) in [5.74, 6) is 0.0459. The molecule has 4 amide bonds. The average molecular weight is 832 g/mol. The van der Waals surface area contributed by atoms with Crippen LogP contribution in [-0.2, 0) is 28.6 Å². The molecule has 0 saturated carbocycles. The highest BCUT2D eigenvalue weighted by atomic mass is 35.5. The van der Waals surface area contributed by atoms with E-state index < -0.39 is 29.7 Å². The number of amides is 4. The van der Waals surface area contributed by atoms with Gasteiger partial charge in [-0.2, -0.15) is 0 Å². The summed E-state index contributed by atoms with van der Waals surface area (Å²) < 4.78 is 22.7. The number of nitrogens with one attached hydrogen (secondary N) is 1.